The summed E-state index contributed by atoms with van der Waals surface area (Å²) >= 11 is 0. The lowest BCUT2D eigenvalue weighted by atomic mass is 10.1. The summed E-state index contributed by atoms with van der Waals surface area (Å²) in [6.45, 7) is 5.32. The van der Waals surface area contributed by atoms with Crippen molar-refractivity contribution >= 4 is 5.69 Å². The van der Waals surface area contributed by atoms with Crippen LogP contribution in [0.4, 0.5) is 10.1 Å². The molecule has 1 aromatic carbocycles. The van der Waals surface area contributed by atoms with Crippen LogP contribution in [0.1, 0.15) is 19.4 Å². The Labute approximate surface area is 83.8 Å². The highest BCUT2D eigenvalue weighted by molar-refractivity contribution is 5.46. The highest BCUT2D eigenvalue weighted by atomic mass is 19.1. The van der Waals surface area contributed by atoms with Crippen LogP contribution in [0.15, 0.2) is 18.2 Å². The zero-order valence-electron chi connectivity index (χ0n) is 8.71. The Morgan fingerprint density at radius 2 is 2.00 bits per heavy atom. The summed E-state index contributed by atoms with van der Waals surface area (Å²) in [5.74, 6) is -0.280. The van der Waals surface area contributed by atoms with Gasteiger partial charge in [-0.2, -0.15) is 0 Å². The van der Waals surface area contributed by atoms with Crippen molar-refractivity contribution in [3.8, 4) is 0 Å². The smallest absolute Gasteiger partial charge is 0.146 e. The monoisotopic (exact) mass is 197 g/mol. The molecule has 0 aliphatic heterocycles. The summed E-state index contributed by atoms with van der Waals surface area (Å²) in [6, 6.07) is 4.83. The van der Waals surface area contributed by atoms with E-state index in [1.165, 1.54) is 6.07 Å². The number of rotatable bonds is 3. The second-order valence-corrected chi connectivity index (χ2v) is 3.66. The van der Waals surface area contributed by atoms with E-state index in [-0.39, 0.29) is 11.9 Å². The van der Waals surface area contributed by atoms with Crippen LogP contribution in [0.25, 0.3) is 0 Å². The van der Waals surface area contributed by atoms with E-state index in [1.54, 1.807) is 13.0 Å². The standard InChI is InChI=1S/C11H16FNO/c1-7-4-5-11(10(12)6-7)13-8(2)9(3)14/h4-6,8-9,13-14H,1-3H3. The zero-order valence-corrected chi connectivity index (χ0v) is 8.71. The summed E-state index contributed by atoms with van der Waals surface area (Å²) in [6.07, 6.45) is -0.504. The van der Waals surface area contributed by atoms with E-state index < -0.39 is 6.10 Å². The molecular formula is C11H16FNO. The van der Waals surface area contributed by atoms with Crippen LogP contribution >= 0.6 is 0 Å². The van der Waals surface area contributed by atoms with Crippen molar-refractivity contribution in [2.75, 3.05) is 5.32 Å². The van der Waals surface area contributed by atoms with Gasteiger partial charge in [0.1, 0.15) is 5.82 Å². The summed E-state index contributed by atoms with van der Waals surface area (Å²) in [4.78, 5) is 0. The molecule has 2 nitrogen and oxygen atoms in total. The van der Waals surface area contributed by atoms with Crippen molar-refractivity contribution in [3.63, 3.8) is 0 Å². The average Bonchev–Trinajstić information content (AvgIpc) is 2.09. The third-order valence-corrected chi connectivity index (χ3v) is 2.23. The fourth-order valence-electron chi connectivity index (χ4n) is 1.10. The minimum Gasteiger partial charge on any atom is -0.391 e. The normalized spacial score (nSPS) is 14.9. The first kappa shape index (κ1) is 11.0. The number of nitrogens with one attached hydrogen (secondary N) is 1. The molecule has 0 bridgehead atoms. The molecule has 1 rings (SSSR count). The molecule has 2 N–H and O–H groups in total. The molecular weight excluding hydrogens is 181 g/mol. The average molecular weight is 197 g/mol. The first-order chi connectivity index (χ1) is 6.50. The second kappa shape index (κ2) is 4.42. The Morgan fingerprint density at radius 3 is 2.50 bits per heavy atom. The minimum absolute atomic E-state index is 0.160. The maximum absolute atomic E-state index is 13.3. The molecule has 0 radical (unpaired) electrons. The van der Waals surface area contributed by atoms with E-state index >= 15 is 0 Å². The molecule has 1 aromatic rings. The first-order valence-electron chi connectivity index (χ1n) is 4.71. The summed E-state index contributed by atoms with van der Waals surface area (Å²) < 4.78 is 13.3. The van der Waals surface area contributed by atoms with Gasteiger partial charge < -0.3 is 10.4 Å². The first-order valence-corrected chi connectivity index (χ1v) is 4.71. The van der Waals surface area contributed by atoms with Gasteiger partial charge in [-0.3, -0.25) is 0 Å². The van der Waals surface area contributed by atoms with Gasteiger partial charge in [0.25, 0.3) is 0 Å². The zero-order chi connectivity index (χ0) is 10.7. The number of anilines is 1. The van der Waals surface area contributed by atoms with Crippen LogP contribution in [0.2, 0.25) is 0 Å². The lowest BCUT2D eigenvalue weighted by Crippen LogP contribution is -2.28. The fraction of sp³-hybridized carbons (Fsp3) is 0.455. The number of halogens is 1. The molecule has 2 atom stereocenters. The van der Waals surface area contributed by atoms with Crippen molar-refractivity contribution in [2.24, 2.45) is 0 Å². The Balaban J connectivity index is 2.77. The van der Waals surface area contributed by atoms with Crippen molar-refractivity contribution in [3.05, 3.63) is 29.6 Å². The lowest BCUT2D eigenvalue weighted by Gasteiger charge is -2.18. The van der Waals surface area contributed by atoms with Gasteiger partial charge in [0.05, 0.1) is 11.8 Å². The number of aliphatic hydroxyl groups excluding tert-OH is 1. The molecule has 0 aliphatic carbocycles. The summed E-state index contributed by atoms with van der Waals surface area (Å²) in [5, 5.41) is 12.2. The van der Waals surface area contributed by atoms with Gasteiger partial charge in [-0.15, -0.1) is 0 Å². The van der Waals surface area contributed by atoms with Gasteiger partial charge in [0.15, 0.2) is 0 Å². The van der Waals surface area contributed by atoms with Crippen LogP contribution < -0.4 is 5.32 Å². The third kappa shape index (κ3) is 2.70. The number of hydrogen-bond donors (Lipinski definition) is 2. The van der Waals surface area contributed by atoms with Gasteiger partial charge in [0.2, 0.25) is 0 Å². The Bertz CT molecular complexity index is 312. The lowest BCUT2D eigenvalue weighted by molar-refractivity contribution is 0.177. The second-order valence-electron chi connectivity index (χ2n) is 3.66. The van der Waals surface area contributed by atoms with Crippen LogP contribution in [0.3, 0.4) is 0 Å². The predicted octanol–water partition coefficient (Wildman–Crippen LogP) is 2.32. The van der Waals surface area contributed by atoms with Crippen molar-refractivity contribution in [1.29, 1.82) is 0 Å². The van der Waals surface area contributed by atoms with Gasteiger partial charge in [-0.1, -0.05) is 6.07 Å². The van der Waals surface area contributed by atoms with Gasteiger partial charge >= 0.3 is 0 Å². The maximum Gasteiger partial charge on any atom is 0.146 e. The molecule has 0 aromatic heterocycles. The molecule has 3 heteroatoms. The molecule has 0 saturated heterocycles. The quantitative estimate of drug-likeness (QED) is 0.779. The molecule has 2 unspecified atom stereocenters. The van der Waals surface area contributed by atoms with Crippen LogP contribution in [-0.2, 0) is 0 Å². The summed E-state index contributed by atoms with van der Waals surface area (Å²) in [7, 11) is 0. The predicted molar refractivity (Wildman–Crippen MR) is 55.9 cm³/mol. The van der Waals surface area contributed by atoms with Crippen LogP contribution in [0, 0.1) is 12.7 Å². The van der Waals surface area contributed by atoms with Gasteiger partial charge in [-0.25, -0.2) is 4.39 Å². The number of aliphatic hydroxyl groups is 1. The molecule has 0 aliphatic rings. The Kier molecular flexibility index (Phi) is 3.47. The van der Waals surface area contributed by atoms with Crippen molar-refractivity contribution in [2.45, 2.75) is 32.9 Å². The van der Waals surface area contributed by atoms with Crippen LogP contribution in [-0.4, -0.2) is 17.3 Å². The summed E-state index contributed by atoms with van der Waals surface area (Å²) in [5.41, 5.74) is 1.32. The molecule has 0 heterocycles. The van der Waals surface area contributed by atoms with Gasteiger partial charge in [0, 0.05) is 6.04 Å². The maximum atomic E-state index is 13.3. The molecule has 0 amide bonds. The Hall–Kier alpha value is -1.09. The van der Waals surface area contributed by atoms with Gasteiger partial charge in [-0.05, 0) is 38.5 Å². The molecule has 78 valence electrons. The molecule has 0 saturated carbocycles. The number of hydrogen-bond acceptors (Lipinski definition) is 2. The van der Waals surface area contributed by atoms with Crippen molar-refractivity contribution in [1.82, 2.24) is 0 Å². The third-order valence-electron chi connectivity index (χ3n) is 2.23. The number of aryl methyl sites for hydroxylation is 1. The fourth-order valence-corrected chi connectivity index (χ4v) is 1.10. The number of benzene rings is 1. The van der Waals surface area contributed by atoms with Crippen molar-refractivity contribution < 1.29 is 9.50 Å². The highest BCUT2D eigenvalue weighted by Crippen LogP contribution is 2.16. The topological polar surface area (TPSA) is 32.3 Å². The van der Waals surface area contributed by atoms with E-state index in [1.807, 2.05) is 19.9 Å². The van der Waals surface area contributed by atoms with E-state index in [0.29, 0.717) is 5.69 Å². The Morgan fingerprint density at radius 1 is 1.36 bits per heavy atom. The van der Waals surface area contributed by atoms with E-state index in [2.05, 4.69) is 5.32 Å². The van der Waals surface area contributed by atoms with Crippen LogP contribution in [0.5, 0.6) is 0 Å². The molecule has 0 fully saturated rings. The minimum atomic E-state index is -0.504. The highest BCUT2D eigenvalue weighted by Gasteiger charge is 2.10. The molecule has 14 heavy (non-hydrogen) atoms. The van der Waals surface area contributed by atoms with E-state index in [4.69, 9.17) is 0 Å². The van der Waals surface area contributed by atoms with E-state index in [0.717, 1.165) is 5.56 Å². The largest absolute Gasteiger partial charge is 0.391 e. The van der Waals surface area contributed by atoms with E-state index in [9.17, 15) is 9.50 Å². The SMILES string of the molecule is Cc1ccc(NC(C)C(C)O)c(F)c1. The molecule has 0 spiro atoms.